The third-order valence-corrected chi connectivity index (χ3v) is 4.84. The van der Waals surface area contributed by atoms with Gasteiger partial charge in [-0.1, -0.05) is 12.1 Å². The Labute approximate surface area is 162 Å². The van der Waals surface area contributed by atoms with Crippen molar-refractivity contribution in [3.8, 4) is 11.5 Å². The van der Waals surface area contributed by atoms with Gasteiger partial charge in [0, 0.05) is 23.9 Å². The van der Waals surface area contributed by atoms with Crippen molar-refractivity contribution in [3.63, 3.8) is 0 Å². The molecule has 0 aromatic heterocycles. The van der Waals surface area contributed by atoms with Crippen LogP contribution in [0.4, 0.5) is 0 Å². The minimum Gasteiger partial charge on any atom is -0.426 e. The largest absolute Gasteiger partial charge is 0.426 e. The molecule has 138 valence electrons. The Balaban J connectivity index is 2.34. The van der Waals surface area contributed by atoms with E-state index in [1.165, 1.54) is 31.2 Å². The number of carbonyl (C=O) groups is 4. The van der Waals surface area contributed by atoms with Crippen molar-refractivity contribution < 1.29 is 33.8 Å². The lowest BCUT2D eigenvalue weighted by atomic mass is 9.82. The van der Waals surface area contributed by atoms with Gasteiger partial charge in [0.05, 0.1) is 23.3 Å². The molecule has 3 rings (SSSR count). The molecule has 27 heavy (non-hydrogen) atoms. The van der Waals surface area contributed by atoms with E-state index in [0.717, 1.165) is 6.92 Å². The van der Waals surface area contributed by atoms with Gasteiger partial charge in [0.2, 0.25) is 5.78 Å². The van der Waals surface area contributed by atoms with Crippen molar-refractivity contribution in [2.75, 3.05) is 0 Å². The van der Waals surface area contributed by atoms with Crippen LogP contribution in [-0.4, -0.2) is 28.6 Å². The zero-order valence-electron chi connectivity index (χ0n) is 14.3. The van der Waals surface area contributed by atoms with Crippen LogP contribution in [0.25, 0.3) is 0 Å². The molecule has 0 amide bonds. The molecule has 0 aliphatic heterocycles. The molecule has 0 atom stereocenters. The second kappa shape index (κ2) is 7.05. The van der Waals surface area contributed by atoms with E-state index in [2.05, 4.69) is 15.9 Å². The Morgan fingerprint density at radius 3 is 2.19 bits per heavy atom. The van der Waals surface area contributed by atoms with Gasteiger partial charge in [-0.3, -0.25) is 19.2 Å². The van der Waals surface area contributed by atoms with E-state index in [1.54, 1.807) is 0 Å². The number of benzene rings is 2. The Bertz CT molecular complexity index is 1020. The van der Waals surface area contributed by atoms with Gasteiger partial charge in [-0.2, -0.15) is 0 Å². The molecule has 2 aromatic carbocycles. The number of carbonyl (C=O) groups excluding carboxylic acids is 4. The van der Waals surface area contributed by atoms with Gasteiger partial charge in [-0.15, -0.1) is 0 Å². The molecular formula is C19H13BrO7. The van der Waals surface area contributed by atoms with Gasteiger partial charge < -0.3 is 14.6 Å². The van der Waals surface area contributed by atoms with E-state index in [0.29, 0.717) is 0 Å². The van der Waals surface area contributed by atoms with Crippen molar-refractivity contribution in [2.24, 2.45) is 0 Å². The number of ketones is 2. The van der Waals surface area contributed by atoms with Crippen LogP contribution in [0.2, 0.25) is 0 Å². The molecule has 1 aliphatic rings. The molecule has 0 radical (unpaired) electrons. The van der Waals surface area contributed by atoms with Gasteiger partial charge in [0.1, 0.15) is 11.5 Å². The average molecular weight is 433 g/mol. The van der Waals surface area contributed by atoms with Crippen LogP contribution in [0.15, 0.2) is 28.7 Å². The third kappa shape index (κ3) is 3.17. The summed E-state index contributed by atoms with van der Waals surface area (Å²) in [6, 6.07) is 5.65. The van der Waals surface area contributed by atoms with Crippen LogP contribution in [0.3, 0.4) is 0 Å². The summed E-state index contributed by atoms with van der Waals surface area (Å²) in [5.74, 6) is -2.69. The first-order valence-corrected chi connectivity index (χ1v) is 8.61. The number of rotatable bonds is 3. The molecule has 0 bridgehead atoms. The van der Waals surface area contributed by atoms with Crippen molar-refractivity contribution in [3.05, 3.63) is 56.6 Å². The summed E-state index contributed by atoms with van der Waals surface area (Å²) in [6.45, 7) is 1.89. The molecule has 0 heterocycles. The number of fused-ring (bicyclic) bond motifs is 2. The molecule has 7 nitrogen and oxygen atoms in total. The van der Waals surface area contributed by atoms with E-state index >= 15 is 0 Å². The van der Waals surface area contributed by atoms with Crippen LogP contribution < -0.4 is 9.47 Å². The van der Waals surface area contributed by atoms with Gasteiger partial charge in [-0.25, -0.2) is 0 Å². The second-order valence-electron chi connectivity index (χ2n) is 5.78. The Morgan fingerprint density at radius 2 is 1.59 bits per heavy atom. The predicted octanol–water partition coefficient (Wildman–Crippen LogP) is 2.57. The average Bonchev–Trinajstić information content (AvgIpc) is 2.59. The number of hydrogen-bond donors (Lipinski definition) is 1. The maximum absolute atomic E-state index is 13.2. The van der Waals surface area contributed by atoms with Crippen molar-refractivity contribution in [1.29, 1.82) is 0 Å². The van der Waals surface area contributed by atoms with E-state index in [-0.39, 0.29) is 43.8 Å². The maximum atomic E-state index is 13.2. The first-order valence-electron chi connectivity index (χ1n) is 7.81. The molecule has 1 N–H and O–H groups in total. The monoisotopic (exact) mass is 432 g/mol. The topological polar surface area (TPSA) is 107 Å². The fourth-order valence-corrected chi connectivity index (χ4v) is 3.55. The highest BCUT2D eigenvalue weighted by Gasteiger charge is 2.38. The molecule has 0 saturated heterocycles. The summed E-state index contributed by atoms with van der Waals surface area (Å²) < 4.78 is 10.4. The number of aliphatic hydroxyl groups is 1. The number of halogens is 1. The minimum atomic E-state index is -0.692. The lowest BCUT2D eigenvalue weighted by Crippen LogP contribution is -2.25. The zero-order valence-corrected chi connectivity index (χ0v) is 15.9. The van der Waals surface area contributed by atoms with Crippen molar-refractivity contribution >= 4 is 39.4 Å². The number of ether oxygens (including phenoxy) is 2. The molecule has 0 fully saturated rings. The molecule has 2 aromatic rings. The van der Waals surface area contributed by atoms with Crippen LogP contribution in [0.1, 0.15) is 51.3 Å². The summed E-state index contributed by atoms with van der Waals surface area (Å²) in [7, 11) is 0. The van der Waals surface area contributed by atoms with Crippen LogP contribution in [0.5, 0.6) is 11.5 Å². The number of esters is 2. The third-order valence-electron chi connectivity index (χ3n) is 3.93. The van der Waals surface area contributed by atoms with E-state index in [4.69, 9.17) is 9.47 Å². The molecule has 0 unspecified atom stereocenters. The highest BCUT2D eigenvalue weighted by atomic mass is 79.9. The van der Waals surface area contributed by atoms with E-state index < -0.39 is 30.1 Å². The molecule has 0 saturated carbocycles. The second-order valence-corrected chi connectivity index (χ2v) is 6.57. The Hall–Kier alpha value is -2.84. The minimum absolute atomic E-state index is 0.0183. The highest BCUT2D eigenvalue weighted by molar-refractivity contribution is 9.10. The summed E-state index contributed by atoms with van der Waals surface area (Å²) >= 11 is 3.25. The summed E-state index contributed by atoms with van der Waals surface area (Å²) in [5.41, 5.74) is 0.102. The zero-order chi connectivity index (χ0) is 19.9. The molecule has 8 heteroatoms. The molecule has 1 aliphatic carbocycles. The first-order chi connectivity index (χ1) is 12.8. The molecular weight excluding hydrogens is 420 g/mol. The normalized spacial score (nSPS) is 12.3. The summed E-state index contributed by atoms with van der Waals surface area (Å²) in [6.07, 6.45) is 0. The molecule has 0 spiro atoms. The lowest BCUT2D eigenvalue weighted by Gasteiger charge is -2.23. The van der Waals surface area contributed by atoms with Crippen LogP contribution in [-0.2, 0) is 16.2 Å². The quantitative estimate of drug-likeness (QED) is 0.500. The highest BCUT2D eigenvalue weighted by Crippen LogP contribution is 2.42. The van der Waals surface area contributed by atoms with Gasteiger partial charge in [-0.05, 0) is 33.6 Å². The predicted molar refractivity (Wildman–Crippen MR) is 96.0 cm³/mol. The SMILES string of the molecule is CC(=O)Oc1cccc2c1C(=O)c1c(OC(C)=O)cc(CO)c(Br)c1C2=O. The van der Waals surface area contributed by atoms with E-state index in [9.17, 15) is 24.3 Å². The lowest BCUT2D eigenvalue weighted by molar-refractivity contribution is -0.132. The maximum Gasteiger partial charge on any atom is 0.308 e. The first kappa shape index (κ1) is 18.9. The van der Waals surface area contributed by atoms with Gasteiger partial charge >= 0.3 is 11.9 Å². The number of aliphatic hydroxyl groups excluding tert-OH is 1. The number of hydrogen-bond acceptors (Lipinski definition) is 7. The van der Waals surface area contributed by atoms with Crippen LogP contribution in [0, 0.1) is 0 Å². The van der Waals surface area contributed by atoms with Gasteiger partial charge in [0.25, 0.3) is 0 Å². The van der Waals surface area contributed by atoms with Crippen molar-refractivity contribution in [2.45, 2.75) is 20.5 Å². The van der Waals surface area contributed by atoms with Gasteiger partial charge in [0.15, 0.2) is 5.78 Å². The standard InChI is InChI=1S/C19H13BrO7/c1-8(22)26-12-5-3-4-11-14(12)19(25)15-13(27-9(2)23)6-10(7-21)17(20)16(15)18(11)24/h3-6,21H,7H2,1-2H3. The van der Waals surface area contributed by atoms with Crippen LogP contribution >= 0.6 is 15.9 Å². The summed E-state index contributed by atoms with van der Waals surface area (Å²) in [5, 5.41) is 9.55. The smallest absolute Gasteiger partial charge is 0.308 e. The Morgan fingerprint density at radius 1 is 0.963 bits per heavy atom. The fraction of sp³-hybridized carbons (Fsp3) is 0.158. The fourth-order valence-electron chi connectivity index (χ4n) is 2.93. The Kier molecular flexibility index (Phi) is 4.95. The van der Waals surface area contributed by atoms with Crippen molar-refractivity contribution in [1.82, 2.24) is 0 Å². The summed E-state index contributed by atoms with van der Waals surface area (Å²) in [4.78, 5) is 49.1. The van der Waals surface area contributed by atoms with E-state index in [1.807, 2.05) is 0 Å².